The first-order chi connectivity index (χ1) is 9.08. The van der Waals surface area contributed by atoms with E-state index in [4.69, 9.17) is 0 Å². The Bertz CT molecular complexity index is 620. The summed E-state index contributed by atoms with van der Waals surface area (Å²) in [7, 11) is 1.74. The zero-order valence-electron chi connectivity index (χ0n) is 10.5. The maximum atomic E-state index is 11.9. The molecule has 0 aliphatic rings. The van der Waals surface area contributed by atoms with Crippen molar-refractivity contribution in [3.05, 3.63) is 46.5 Å². The lowest BCUT2D eigenvalue weighted by Gasteiger charge is -2.01. The van der Waals surface area contributed by atoms with Gasteiger partial charge in [-0.15, -0.1) is 0 Å². The number of amides is 1. The lowest BCUT2D eigenvalue weighted by atomic mass is 10.2. The third-order valence-corrected chi connectivity index (χ3v) is 3.00. The fraction of sp³-hybridized carbons (Fsp3) is 0.167. The highest BCUT2D eigenvalue weighted by Gasteiger charge is 2.13. The molecule has 0 radical (unpaired) electrons. The van der Waals surface area contributed by atoms with E-state index in [0.29, 0.717) is 15.9 Å². The first-order valence-corrected chi connectivity index (χ1v) is 6.31. The molecular weight excluding hydrogens is 310 g/mol. The van der Waals surface area contributed by atoms with Crippen LogP contribution in [-0.4, -0.2) is 26.4 Å². The van der Waals surface area contributed by atoms with Gasteiger partial charge < -0.3 is 0 Å². The third kappa shape index (κ3) is 3.25. The normalized spacial score (nSPS) is 11.4. The van der Waals surface area contributed by atoms with Gasteiger partial charge in [0.15, 0.2) is 5.69 Å². The Morgan fingerprint density at radius 1 is 1.42 bits per heavy atom. The highest BCUT2D eigenvalue weighted by atomic mass is 79.9. The molecule has 1 amide bonds. The van der Waals surface area contributed by atoms with E-state index in [1.54, 1.807) is 30.3 Å². The summed E-state index contributed by atoms with van der Waals surface area (Å²) in [6.07, 6.45) is 5.05. The number of hydrogen-bond acceptors (Lipinski definition) is 4. The number of carbonyl (C=O) groups is 1. The molecule has 0 aliphatic heterocycles. The second-order valence-corrected chi connectivity index (χ2v) is 4.73. The lowest BCUT2D eigenvalue weighted by molar-refractivity contribution is 0.0948. The monoisotopic (exact) mass is 321 g/mol. The molecule has 98 valence electrons. The molecule has 0 aliphatic carbocycles. The molecule has 7 heteroatoms. The van der Waals surface area contributed by atoms with E-state index in [1.165, 1.54) is 0 Å². The number of aryl methyl sites for hydroxylation is 1. The summed E-state index contributed by atoms with van der Waals surface area (Å²) in [5.41, 5.74) is 4.37. The largest absolute Gasteiger partial charge is 0.293 e. The minimum Gasteiger partial charge on any atom is -0.274 e. The van der Waals surface area contributed by atoms with Crippen LogP contribution in [0.15, 0.2) is 40.3 Å². The Morgan fingerprint density at radius 3 is 2.68 bits per heavy atom. The maximum Gasteiger partial charge on any atom is 0.293 e. The Balaban J connectivity index is 2.10. The molecule has 1 N–H and O–H groups in total. The number of hydrogen-bond donors (Lipinski definition) is 1. The predicted molar refractivity (Wildman–Crippen MR) is 74.8 cm³/mol. The van der Waals surface area contributed by atoms with Crippen LogP contribution in [0.4, 0.5) is 0 Å². The van der Waals surface area contributed by atoms with Crippen LogP contribution in [-0.2, 0) is 7.05 Å². The van der Waals surface area contributed by atoms with Gasteiger partial charge in [-0.25, -0.2) is 5.43 Å². The van der Waals surface area contributed by atoms with Gasteiger partial charge in [-0.3, -0.25) is 14.5 Å². The fourth-order valence-electron chi connectivity index (χ4n) is 1.46. The molecule has 2 rings (SSSR count). The third-order valence-electron chi connectivity index (χ3n) is 2.42. The minimum absolute atomic E-state index is 0.300. The van der Waals surface area contributed by atoms with Crippen molar-refractivity contribution in [1.82, 2.24) is 20.2 Å². The number of nitrogens with one attached hydrogen (secondary N) is 1. The van der Waals surface area contributed by atoms with Gasteiger partial charge in [-0.2, -0.15) is 10.2 Å². The number of hydrazone groups is 1. The molecule has 6 nitrogen and oxygen atoms in total. The zero-order chi connectivity index (χ0) is 13.8. The summed E-state index contributed by atoms with van der Waals surface area (Å²) in [4.78, 5) is 15.8. The average Bonchev–Trinajstić information content (AvgIpc) is 2.75. The molecule has 0 saturated carbocycles. The summed E-state index contributed by atoms with van der Waals surface area (Å²) >= 11 is 3.27. The molecule has 19 heavy (non-hydrogen) atoms. The highest BCUT2D eigenvalue weighted by Crippen LogP contribution is 2.13. The molecular formula is C12H12BrN5O. The number of halogens is 1. The molecule has 2 aromatic rings. The van der Waals surface area contributed by atoms with Crippen LogP contribution in [0.3, 0.4) is 0 Å². The molecule has 2 aromatic heterocycles. The van der Waals surface area contributed by atoms with Gasteiger partial charge in [-0.1, -0.05) is 0 Å². The molecule has 0 bridgehead atoms. The Morgan fingerprint density at radius 2 is 2.11 bits per heavy atom. The molecule has 0 atom stereocenters. The van der Waals surface area contributed by atoms with Gasteiger partial charge in [0.25, 0.3) is 5.91 Å². The smallest absolute Gasteiger partial charge is 0.274 e. The van der Waals surface area contributed by atoms with Crippen molar-refractivity contribution in [1.29, 1.82) is 0 Å². The Labute approximate surface area is 118 Å². The summed E-state index contributed by atoms with van der Waals surface area (Å²) < 4.78 is 2.18. The number of nitrogens with zero attached hydrogens (tertiary/aromatic N) is 4. The van der Waals surface area contributed by atoms with Crippen molar-refractivity contribution >= 4 is 27.5 Å². The number of carbonyl (C=O) groups excluding carboxylic acids is 1. The lowest BCUT2D eigenvalue weighted by Crippen LogP contribution is -2.20. The van der Waals surface area contributed by atoms with Crippen LogP contribution in [0.5, 0.6) is 0 Å². The first-order valence-electron chi connectivity index (χ1n) is 5.52. The standard InChI is InChI=1S/C12H12BrN5O/c1-8(9-3-5-14-6-4-9)15-16-12(19)11-10(13)7-18(2)17-11/h3-7H,1-2H3,(H,16,19). The second kappa shape index (κ2) is 5.75. The van der Waals surface area contributed by atoms with E-state index < -0.39 is 0 Å². The van der Waals surface area contributed by atoms with Gasteiger partial charge in [-0.05, 0) is 35.0 Å². The summed E-state index contributed by atoms with van der Waals surface area (Å²) in [6, 6.07) is 3.64. The zero-order valence-corrected chi connectivity index (χ0v) is 12.0. The summed E-state index contributed by atoms with van der Waals surface area (Å²) in [5.74, 6) is -0.360. The Kier molecular flexibility index (Phi) is 4.06. The van der Waals surface area contributed by atoms with Crippen molar-refractivity contribution in [2.75, 3.05) is 0 Å². The Hall–Kier alpha value is -2.02. The van der Waals surface area contributed by atoms with E-state index in [1.807, 2.05) is 19.1 Å². The number of aromatic nitrogens is 3. The van der Waals surface area contributed by atoms with Crippen LogP contribution in [0, 0.1) is 0 Å². The van der Waals surface area contributed by atoms with E-state index in [9.17, 15) is 4.79 Å². The van der Waals surface area contributed by atoms with Crippen molar-refractivity contribution in [2.45, 2.75) is 6.92 Å². The van der Waals surface area contributed by atoms with E-state index in [-0.39, 0.29) is 5.91 Å². The molecule has 2 heterocycles. The predicted octanol–water partition coefficient (Wildman–Crippen LogP) is 1.73. The average molecular weight is 322 g/mol. The molecule has 0 spiro atoms. The van der Waals surface area contributed by atoms with E-state index in [2.05, 4.69) is 36.5 Å². The van der Waals surface area contributed by atoms with Gasteiger partial charge in [0.2, 0.25) is 0 Å². The van der Waals surface area contributed by atoms with E-state index in [0.717, 1.165) is 5.56 Å². The van der Waals surface area contributed by atoms with Crippen LogP contribution >= 0.6 is 15.9 Å². The van der Waals surface area contributed by atoms with Crippen molar-refractivity contribution in [3.63, 3.8) is 0 Å². The fourth-order valence-corrected chi connectivity index (χ4v) is 2.01. The SMILES string of the molecule is CC(=NNC(=O)c1nn(C)cc1Br)c1ccncc1. The van der Waals surface area contributed by atoms with Crippen LogP contribution < -0.4 is 5.43 Å². The second-order valence-electron chi connectivity index (χ2n) is 3.87. The van der Waals surface area contributed by atoms with E-state index >= 15 is 0 Å². The van der Waals surface area contributed by atoms with Gasteiger partial charge in [0.05, 0.1) is 10.2 Å². The quantitative estimate of drug-likeness (QED) is 0.691. The molecule has 0 aromatic carbocycles. The van der Waals surface area contributed by atoms with Crippen LogP contribution in [0.2, 0.25) is 0 Å². The number of pyridine rings is 1. The highest BCUT2D eigenvalue weighted by molar-refractivity contribution is 9.10. The van der Waals surface area contributed by atoms with Gasteiger partial charge in [0, 0.05) is 31.2 Å². The number of rotatable bonds is 3. The van der Waals surface area contributed by atoms with Crippen molar-refractivity contribution in [3.8, 4) is 0 Å². The summed E-state index contributed by atoms with van der Waals surface area (Å²) in [6.45, 7) is 1.81. The van der Waals surface area contributed by atoms with Crippen LogP contribution in [0.1, 0.15) is 23.0 Å². The van der Waals surface area contributed by atoms with Gasteiger partial charge in [0.1, 0.15) is 0 Å². The maximum absolute atomic E-state index is 11.9. The topological polar surface area (TPSA) is 72.2 Å². The molecule has 0 unspecified atom stereocenters. The van der Waals surface area contributed by atoms with Gasteiger partial charge >= 0.3 is 0 Å². The van der Waals surface area contributed by atoms with Crippen molar-refractivity contribution in [2.24, 2.45) is 12.1 Å². The first kappa shape index (κ1) is 13.4. The molecule has 0 saturated heterocycles. The molecule has 0 fully saturated rings. The minimum atomic E-state index is -0.360. The summed E-state index contributed by atoms with van der Waals surface area (Å²) in [5, 5.41) is 8.08. The van der Waals surface area contributed by atoms with Crippen molar-refractivity contribution < 1.29 is 4.79 Å². The van der Waals surface area contributed by atoms with Crippen LogP contribution in [0.25, 0.3) is 0 Å².